The van der Waals surface area contributed by atoms with Crippen molar-refractivity contribution in [2.24, 2.45) is 0 Å². The Hall–Kier alpha value is -3.07. The molecule has 2 aromatic heterocycles. The highest BCUT2D eigenvalue weighted by atomic mass is 35.5. The summed E-state index contributed by atoms with van der Waals surface area (Å²) in [6.07, 6.45) is 3.20. The quantitative estimate of drug-likeness (QED) is 0.367. The van der Waals surface area contributed by atoms with Crippen LogP contribution in [-0.2, 0) is 13.3 Å². The first-order valence-corrected chi connectivity index (χ1v) is 10.4. The number of hydrogen-bond donors (Lipinski definition) is 1. The second kappa shape index (κ2) is 9.60. The molecular weight excluding hydrogens is 480 g/mol. The van der Waals surface area contributed by atoms with E-state index in [1.165, 1.54) is 27.6 Å². The average Bonchev–Trinajstić information content (AvgIpc) is 3.41. The van der Waals surface area contributed by atoms with Crippen LogP contribution in [-0.4, -0.2) is 25.5 Å². The Labute approximate surface area is 197 Å². The number of nitrogens with zero attached hydrogens (tertiary/aromatic N) is 4. The summed E-state index contributed by atoms with van der Waals surface area (Å²) in [6.45, 7) is 0.158. The third-order valence-corrected chi connectivity index (χ3v) is 5.56. The molecule has 4 rings (SSSR count). The van der Waals surface area contributed by atoms with Crippen molar-refractivity contribution in [1.82, 2.24) is 19.6 Å². The third-order valence-electron chi connectivity index (χ3n) is 4.41. The second-order valence-electron chi connectivity index (χ2n) is 6.62. The predicted octanol–water partition coefficient (Wildman–Crippen LogP) is 5.52. The van der Waals surface area contributed by atoms with E-state index in [0.717, 1.165) is 0 Å². The van der Waals surface area contributed by atoms with E-state index in [-0.39, 0.29) is 19.0 Å². The molecule has 1 amide bonds. The summed E-state index contributed by atoms with van der Waals surface area (Å²) in [4.78, 5) is 12.5. The maximum absolute atomic E-state index is 14.0. The summed E-state index contributed by atoms with van der Waals surface area (Å²) in [6, 6.07) is 12.6. The van der Waals surface area contributed by atoms with E-state index in [2.05, 4.69) is 15.5 Å². The van der Waals surface area contributed by atoms with Crippen molar-refractivity contribution >= 4 is 46.5 Å². The van der Waals surface area contributed by atoms with Gasteiger partial charge < -0.3 is 10.1 Å². The lowest BCUT2D eigenvalue weighted by atomic mass is 10.2. The SMILES string of the molecule is O=C(Nc1ccn(Cc2c(F)cccc2Cl)n1)c1ccn(COc2cccc(Cl)c2Cl)n1. The molecule has 0 fully saturated rings. The Balaban J connectivity index is 1.37. The molecule has 0 radical (unpaired) electrons. The minimum Gasteiger partial charge on any atom is -0.470 e. The van der Waals surface area contributed by atoms with Crippen LogP contribution in [0.15, 0.2) is 60.9 Å². The highest BCUT2D eigenvalue weighted by molar-refractivity contribution is 6.42. The molecule has 1 N–H and O–H groups in total. The zero-order valence-electron chi connectivity index (χ0n) is 16.3. The van der Waals surface area contributed by atoms with Gasteiger partial charge in [0.25, 0.3) is 5.91 Å². The van der Waals surface area contributed by atoms with Crippen LogP contribution >= 0.6 is 34.8 Å². The molecule has 0 aliphatic rings. The fourth-order valence-corrected chi connectivity index (χ4v) is 3.40. The van der Waals surface area contributed by atoms with Crippen LogP contribution in [0, 0.1) is 5.82 Å². The number of carbonyl (C=O) groups is 1. The Morgan fingerprint density at radius 3 is 2.53 bits per heavy atom. The van der Waals surface area contributed by atoms with Crippen LogP contribution in [0.1, 0.15) is 16.1 Å². The van der Waals surface area contributed by atoms with Gasteiger partial charge in [0.15, 0.2) is 18.2 Å². The molecule has 2 aromatic carbocycles. The number of aromatic nitrogens is 4. The number of nitrogens with one attached hydrogen (secondary N) is 1. The molecule has 2 heterocycles. The topological polar surface area (TPSA) is 74.0 Å². The standard InChI is InChI=1S/C21H15Cl3FN5O2/c22-14-3-1-5-16(25)13(14)11-29-10-8-19(28-29)26-21(31)17-7-9-30(27-17)12-32-18-6-2-4-15(23)20(18)24/h1-10H,11-12H2,(H,26,28,31). The van der Waals surface area contributed by atoms with Gasteiger partial charge in [-0.2, -0.15) is 10.2 Å². The van der Waals surface area contributed by atoms with Crippen molar-refractivity contribution in [3.63, 3.8) is 0 Å². The van der Waals surface area contributed by atoms with Gasteiger partial charge in [0.1, 0.15) is 16.6 Å². The molecule has 0 spiro atoms. The number of carbonyl (C=O) groups excluding carboxylic acids is 1. The highest BCUT2D eigenvalue weighted by Gasteiger charge is 2.13. The summed E-state index contributed by atoms with van der Waals surface area (Å²) in [5.41, 5.74) is 0.478. The lowest BCUT2D eigenvalue weighted by molar-refractivity contribution is 0.101. The molecule has 4 aromatic rings. The lowest BCUT2D eigenvalue weighted by Gasteiger charge is -2.08. The number of halogens is 4. The molecule has 0 aliphatic heterocycles. The summed E-state index contributed by atoms with van der Waals surface area (Å²) >= 11 is 18.1. The number of ether oxygens (including phenoxy) is 1. The number of benzene rings is 2. The van der Waals surface area contributed by atoms with E-state index >= 15 is 0 Å². The van der Waals surface area contributed by atoms with E-state index in [1.807, 2.05) is 0 Å². The van der Waals surface area contributed by atoms with Crippen molar-refractivity contribution in [1.29, 1.82) is 0 Å². The first-order chi connectivity index (χ1) is 15.4. The van der Waals surface area contributed by atoms with Crippen molar-refractivity contribution in [2.75, 3.05) is 5.32 Å². The maximum Gasteiger partial charge on any atom is 0.277 e. The van der Waals surface area contributed by atoms with E-state index < -0.39 is 11.7 Å². The first kappa shape index (κ1) is 22.1. The normalized spacial score (nSPS) is 10.9. The van der Waals surface area contributed by atoms with Gasteiger partial charge in [-0.1, -0.05) is 46.9 Å². The van der Waals surface area contributed by atoms with Crippen LogP contribution in [0.3, 0.4) is 0 Å². The largest absolute Gasteiger partial charge is 0.470 e. The zero-order chi connectivity index (χ0) is 22.7. The molecular formula is C21H15Cl3FN5O2. The Kier molecular flexibility index (Phi) is 6.64. The Morgan fingerprint density at radius 2 is 1.72 bits per heavy atom. The first-order valence-electron chi connectivity index (χ1n) is 9.28. The number of hydrogen-bond acceptors (Lipinski definition) is 4. The lowest BCUT2D eigenvalue weighted by Crippen LogP contribution is -2.15. The summed E-state index contributed by atoms with van der Waals surface area (Å²) in [7, 11) is 0. The van der Waals surface area contributed by atoms with Gasteiger partial charge in [-0.25, -0.2) is 9.07 Å². The molecule has 11 heteroatoms. The van der Waals surface area contributed by atoms with Crippen molar-refractivity contribution < 1.29 is 13.9 Å². The molecule has 0 saturated carbocycles. The van der Waals surface area contributed by atoms with E-state index in [4.69, 9.17) is 39.5 Å². The van der Waals surface area contributed by atoms with Gasteiger partial charge in [-0.15, -0.1) is 0 Å². The van der Waals surface area contributed by atoms with Gasteiger partial charge in [-0.05, 0) is 30.3 Å². The number of amides is 1. The zero-order valence-corrected chi connectivity index (χ0v) is 18.6. The predicted molar refractivity (Wildman–Crippen MR) is 120 cm³/mol. The molecule has 0 unspecified atom stereocenters. The summed E-state index contributed by atoms with van der Waals surface area (Å²) < 4.78 is 22.5. The van der Waals surface area contributed by atoms with E-state index in [1.54, 1.807) is 42.7 Å². The van der Waals surface area contributed by atoms with Crippen molar-refractivity contribution in [2.45, 2.75) is 13.3 Å². The smallest absolute Gasteiger partial charge is 0.277 e. The molecule has 7 nitrogen and oxygen atoms in total. The van der Waals surface area contributed by atoms with Crippen LogP contribution in [0.5, 0.6) is 5.75 Å². The van der Waals surface area contributed by atoms with Gasteiger partial charge in [0.05, 0.1) is 11.6 Å². The van der Waals surface area contributed by atoms with Crippen LogP contribution in [0.2, 0.25) is 15.1 Å². The maximum atomic E-state index is 14.0. The number of rotatable bonds is 7. The van der Waals surface area contributed by atoms with E-state index in [9.17, 15) is 9.18 Å². The van der Waals surface area contributed by atoms with Crippen molar-refractivity contribution in [3.8, 4) is 5.75 Å². The molecule has 164 valence electrons. The molecule has 0 atom stereocenters. The highest BCUT2D eigenvalue weighted by Crippen LogP contribution is 2.31. The molecule has 0 aliphatic carbocycles. The Morgan fingerprint density at radius 1 is 0.969 bits per heavy atom. The number of anilines is 1. The monoisotopic (exact) mass is 493 g/mol. The van der Waals surface area contributed by atoms with Crippen LogP contribution in [0.25, 0.3) is 0 Å². The summed E-state index contributed by atoms with van der Waals surface area (Å²) in [5.74, 6) is -0.191. The fraction of sp³-hybridized carbons (Fsp3) is 0.0952. The second-order valence-corrected chi connectivity index (χ2v) is 7.81. The average molecular weight is 495 g/mol. The van der Waals surface area contributed by atoms with Crippen molar-refractivity contribution in [3.05, 3.63) is 93.1 Å². The van der Waals surface area contributed by atoms with Crippen LogP contribution in [0.4, 0.5) is 10.2 Å². The van der Waals surface area contributed by atoms with E-state index in [0.29, 0.717) is 32.2 Å². The van der Waals surface area contributed by atoms with Gasteiger partial charge in [0, 0.05) is 29.0 Å². The minimum absolute atomic E-state index is 0.0331. The molecule has 0 saturated heterocycles. The van der Waals surface area contributed by atoms with Gasteiger partial charge in [0.2, 0.25) is 0 Å². The Bertz CT molecular complexity index is 1250. The molecule has 0 bridgehead atoms. The molecule has 32 heavy (non-hydrogen) atoms. The van der Waals surface area contributed by atoms with Gasteiger partial charge >= 0.3 is 0 Å². The third kappa shape index (κ3) is 5.04. The fourth-order valence-electron chi connectivity index (χ4n) is 2.83. The van der Waals surface area contributed by atoms with Gasteiger partial charge in [-0.3, -0.25) is 9.48 Å². The van der Waals surface area contributed by atoms with Crippen LogP contribution < -0.4 is 10.1 Å². The minimum atomic E-state index is -0.460. The summed E-state index contributed by atoms with van der Waals surface area (Å²) in [5, 5.41) is 12.0.